The summed E-state index contributed by atoms with van der Waals surface area (Å²) in [5.74, 6) is -0.977. The molecule has 2 heterocycles. The van der Waals surface area contributed by atoms with E-state index in [0.717, 1.165) is 6.07 Å². The number of carbonyl (C=O) groups is 3. The van der Waals surface area contributed by atoms with Crippen LogP contribution in [0.25, 0.3) is 0 Å². The first-order valence-corrected chi connectivity index (χ1v) is 8.90. The summed E-state index contributed by atoms with van der Waals surface area (Å²) in [6.45, 7) is 2.74. The first kappa shape index (κ1) is 18.7. The van der Waals surface area contributed by atoms with Gasteiger partial charge in [-0.15, -0.1) is 0 Å². The van der Waals surface area contributed by atoms with Crippen molar-refractivity contribution in [3.63, 3.8) is 0 Å². The number of carbonyl (C=O) groups excluding carboxylic acids is 3. The Kier molecular flexibility index (Phi) is 4.37. The Bertz CT molecular complexity index is 1040. The lowest BCUT2D eigenvalue weighted by Crippen LogP contribution is -2.45. The predicted molar refractivity (Wildman–Crippen MR) is 103 cm³/mol. The molecule has 9 heteroatoms. The Hall–Kier alpha value is -3.62. The van der Waals surface area contributed by atoms with Gasteiger partial charge in [-0.3, -0.25) is 19.3 Å². The second-order valence-corrected chi connectivity index (χ2v) is 7.21. The summed E-state index contributed by atoms with van der Waals surface area (Å²) in [7, 11) is 0. The Morgan fingerprint density at radius 1 is 1.21 bits per heavy atom. The van der Waals surface area contributed by atoms with Crippen LogP contribution in [-0.2, 0) is 14.4 Å². The summed E-state index contributed by atoms with van der Waals surface area (Å²) in [6, 6.07) is 8.59. The molecule has 150 valence electrons. The zero-order chi connectivity index (χ0) is 20.8. The molecule has 0 bridgehead atoms. The molecule has 0 aliphatic carbocycles. The molecule has 0 aromatic heterocycles. The van der Waals surface area contributed by atoms with Crippen molar-refractivity contribution in [2.24, 2.45) is 0 Å². The molecular weight excluding hydrogens is 381 g/mol. The first-order chi connectivity index (χ1) is 13.7. The smallest absolute Gasteiger partial charge is 0.268 e. The number of benzene rings is 2. The third-order valence-electron chi connectivity index (χ3n) is 4.59. The number of nitrogens with one attached hydrogen (secondary N) is 2. The van der Waals surface area contributed by atoms with Crippen LogP contribution in [-0.4, -0.2) is 36.5 Å². The maximum atomic E-state index is 13.6. The minimum atomic E-state index is -1.04. The standard InChI is InChI=1S/C20H18FN3O5/c1-20(2)19(27)23-13-5-4-12(8-16(13)29-20)22-17(25)9-24-14-7-11(21)3-6-15(14)28-10-18(24)26/h3-8H,9-10H2,1-2H3,(H,22,25)(H,23,27). The maximum absolute atomic E-state index is 13.6. The molecule has 2 aromatic rings. The fourth-order valence-electron chi connectivity index (χ4n) is 3.07. The fourth-order valence-corrected chi connectivity index (χ4v) is 3.07. The molecule has 0 fully saturated rings. The van der Waals surface area contributed by atoms with E-state index in [9.17, 15) is 18.8 Å². The van der Waals surface area contributed by atoms with Crippen LogP contribution in [0.15, 0.2) is 36.4 Å². The molecule has 0 atom stereocenters. The van der Waals surface area contributed by atoms with Crippen molar-refractivity contribution in [1.82, 2.24) is 0 Å². The quantitative estimate of drug-likeness (QED) is 0.826. The molecule has 8 nitrogen and oxygen atoms in total. The highest BCUT2D eigenvalue weighted by Gasteiger charge is 2.35. The van der Waals surface area contributed by atoms with Gasteiger partial charge in [0.25, 0.3) is 11.8 Å². The van der Waals surface area contributed by atoms with E-state index in [1.807, 2.05) is 0 Å². The lowest BCUT2D eigenvalue weighted by Gasteiger charge is -2.32. The van der Waals surface area contributed by atoms with Crippen LogP contribution >= 0.6 is 0 Å². The largest absolute Gasteiger partial charge is 0.482 e. The Morgan fingerprint density at radius 2 is 2.00 bits per heavy atom. The van der Waals surface area contributed by atoms with Gasteiger partial charge in [0.15, 0.2) is 12.2 Å². The van der Waals surface area contributed by atoms with Gasteiger partial charge < -0.3 is 20.1 Å². The van der Waals surface area contributed by atoms with E-state index < -0.39 is 23.2 Å². The summed E-state index contributed by atoms with van der Waals surface area (Å²) in [4.78, 5) is 37.8. The molecule has 0 saturated carbocycles. The molecule has 3 amide bonds. The summed E-state index contributed by atoms with van der Waals surface area (Å²) < 4.78 is 24.6. The van der Waals surface area contributed by atoms with Crippen LogP contribution in [0.4, 0.5) is 21.5 Å². The number of fused-ring (bicyclic) bond motifs is 2. The van der Waals surface area contributed by atoms with Crippen molar-refractivity contribution in [3.05, 3.63) is 42.2 Å². The van der Waals surface area contributed by atoms with E-state index in [1.165, 1.54) is 17.0 Å². The van der Waals surface area contributed by atoms with Crippen LogP contribution in [0.5, 0.6) is 11.5 Å². The minimum absolute atomic E-state index is 0.203. The number of hydrogen-bond donors (Lipinski definition) is 2. The normalized spacial score (nSPS) is 16.7. The van der Waals surface area contributed by atoms with Crippen molar-refractivity contribution in [2.75, 3.05) is 28.7 Å². The van der Waals surface area contributed by atoms with Crippen LogP contribution in [0.2, 0.25) is 0 Å². The average Bonchev–Trinajstić information content (AvgIpc) is 2.65. The molecule has 2 N–H and O–H groups in total. The molecule has 0 unspecified atom stereocenters. The zero-order valence-corrected chi connectivity index (χ0v) is 15.7. The number of anilines is 3. The highest BCUT2D eigenvalue weighted by atomic mass is 19.1. The van der Waals surface area contributed by atoms with Gasteiger partial charge >= 0.3 is 0 Å². The predicted octanol–water partition coefficient (Wildman–Crippen LogP) is 2.30. The Morgan fingerprint density at radius 3 is 2.79 bits per heavy atom. The van der Waals surface area contributed by atoms with Crippen LogP contribution < -0.4 is 25.0 Å². The van der Waals surface area contributed by atoms with Crippen molar-refractivity contribution in [1.29, 1.82) is 0 Å². The van der Waals surface area contributed by atoms with E-state index in [4.69, 9.17) is 9.47 Å². The van der Waals surface area contributed by atoms with E-state index in [1.54, 1.807) is 32.0 Å². The zero-order valence-electron chi connectivity index (χ0n) is 15.7. The summed E-state index contributed by atoms with van der Waals surface area (Å²) in [6.07, 6.45) is 0. The number of rotatable bonds is 3. The highest BCUT2D eigenvalue weighted by molar-refractivity contribution is 6.05. The second kappa shape index (κ2) is 6.77. The molecule has 0 radical (unpaired) electrons. The van der Waals surface area contributed by atoms with Crippen molar-refractivity contribution >= 4 is 34.8 Å². The monoisotopic (exact) mass is 399 g/mol. The van der Waals surface area contributed by atoms with Gasteiger partial charge in [0.1, 0.15) is 23.9 Å². The van der Waals surface area contributed by atoms with Gasteiger partial charge in [0.2, 0.25) is 5.91 Å². The molecule has 0 spiro atoms. The van der Waals surface area contributed by atoms with Crippen LogP contribution in [0.1, 0.15) is 13.8 Å². The number of ether oxygens (including phenoxy) is 2. The van der Waals surface area contributed by atoms with E-state index >= 15 is 0 Å². The van der Waals surface area contributed by atoms with E-state index in [2.05, 4.69) is 10.6 Å². The lowest BCUT2D eigenvalue weighted by molar-refractivity contribution is -0.129. The number of hydrogen-bond acceptors (Lipinski definition) is 5. The number of halogens is 1. The molecule has 29 heavy (non-hydrogen) atoms. The lowest BCUT2D eigenvalue weighted by atomic mass is 10.1. The second-order valence-electron chi connectivity index (χ2n) is 7.21. The number of amides is 3. The van der Waals surface area contributed by atoms with E-state index in [-0.39, 0.29) is 24.7 Å². The first-order valence-electron chi connectivity index (χ1n) is 8.90. The van der Waals surface area contributed by atoms with Gasteiger partial charge in [0, 0.05) is 17.8 Å². The summed E-state index contributed by atoms with van der Waals surface area (Å²) in [5, 5.41) is 5.42. The van der Waals surface area contributed by atoms with Gasteiger partial charge in [-0.25, -0.2) is 4.39 Å². The molecule has 4 rings (SSSR count). The van der Waals surface area contributed by atoms with Gasteiger partial charge in [-0.05, 0) is 38.1 Å². The Balaban J connectivity index is 1.51. The van der Waals surface area contributed by atoms with Crippen molar-refractivity contribution < 1.29 is 28.2 Å². The highest BCUT2D eigenvalue weighted by Crippen LogP contribution is 2.36. The van der Waals surface area contributed by atoms with Gasteiger partial charge in [-0.1, -0.05) is 0 Å². The summed E-state index contributed by atoms with van der Waals surface area (Å²) >= 11 is 0. The van der Waals surface area contributed by atoms with Gasteiger partial charge in [-0.2, -0.15) is 0 Å². The van der Waals surface area contributed by atoms with Crippen LogP contribution in [0.3, 0.4) is 0 Å². The van der Waals surface area contributed by atoms with Crippen molar-refractivity contribution in [3.8, 4) is 11.5 Å². The third kappa shape index (κ3) is 3.58. The third-order valence-corrected chi connectivity index (χ3v) is 4.59. The van der Waals surface area contributed by atoms with Crippen LogP contribution in [0, 0.1) is 5.82 Å². The fraction of sp³-hybridized carbons (Fsp3) is 0.250. The number of nitrogens with zero attached hydrogens (tertiary/aromatic N) is 1. The molecule has 2 aromatic carbocycles. The molecule has 0 saturated heterocycles. The average molecular weight is 399 g/mol. The Labute approximate surface area is 165 Å². The molecule has 2 aliphatic rings. The SMILES string of the molecule is CC1(C)Oc2cc(NC(=O)CN3C(=O)COc4ccc(F)cc43)ccc2NC1=O. The molecule has 2 aliphatic heterocycles. The minimum Gasteiger partial charge on any atom is -0.482 e. The van der Waals surface area contributed by atoms with Gasteiger partial charge in [0.05, 0.1) is 11.4 Å². The van der Waals surface area contributed by atoms with Crippen molar-refractivity contribution in [2.45, 2.75) is 19.4 Å². The topological polar surface area (TPSA) is 97.0 Å². The van der Waals surface area contributed by atoms with E-state index in [0.29, 0.717) is 22.9 Å². The summed E-state index contributed by atoms with van der Waals surface area (Å²) in [5.41, 5.74) is 0.0967. The maximum Gasteiger partial charge on any atom is 0.268 e. The molecular formula is C20H18FN3O5.